The van der Waals surface area contributed by atoms with Crippen molar-refractivity contribution in [3.8, 4) is 17.5 Å². The Bertz CT molecular complexity index is 789. The fourth-order valence-corrected chi connectivity index (χ4v) is 2.26. The highest BCUT2D eigenvalue weighted by atomic mass is 15.1. The number of aromatic nitrogens is 2. The van der Waals surface area contributed by atoms with Crippen molar-refractivity contribution in [2.45, 2.75) is 6.92 Å². The second-order valence-corrected chi connectivity index (χ2v) is 4.68. The molecule has 0 N–H and O–H groups in total. The van der Waals surface area contributed by atoms with Crippen molar-refractivity contribution >= 4 is 11.0 Å². The van der Waals surface area contributed by atoms with Gasteiger partial charge in [-0.1, -0.05) is 6.07 Å². The molecule has 0 unspecified atom stereocenters. The van der Waals surface area contributed by atoms with Crippen LogP contribution in [0, 0.1) is 18.3 Å². The van der Waals surface area contributed by atoms with Gasteiger partial charge in [0.2, 0.25) is 0 Å². The van der Waals surface area contributed by atoms with Gasteiger partial charge in [-0.2, -0.15) is 5.26 Å². The third-order valence-corrected chi connectivity index (χ3v) is 3.31. The summed E-state index contributed by atoms with van der Waals surface area (Å²) in [6.45, 7) is 2.06. The van der Waals surface area contributed by atoms with Crippen molar-refractivity contribution in [2.24, 2.45) is 7.05 Å². The minimum Gasteiger partial charge on any atom is -0.327 e. The van der Waals surface area contributed by atoms with E-state index in [4.69, 9.17) is 5.26 Å². The maximum Gasteiger partial charge on any atom is 0.140 e. The molecule has 1 heterocycles. The van der Waals surface area contributed by atoms with E-state index in [1.807, 2.05) is 31.3 Å². The maximum atomic E-state index is 8.83. The van der Waals surface area contributed by atoms with Crippen LogP contribution in [-0.4, -0.2) is 9.55 Å². The largest absolute Gasteiger partial charge is 0.327 e. The van der Waals surface area contributed by atoms with Crippen LogP contribution in [0.4, 0.5) is 0 Å². The van der Waals surface area contributed by atoms with Gasteiger partial charge in [0, 0.05) is 12.6 Å². The number of nitriles is 1. The van der Waals surface area contributed by atoms with E-state index in [0.29, 0.717) is 5.56 Å². The molecule has 0 bridgehead atoms. The predicted octanol–water partition coefficient (Wildman–Crippen LogP) is 3.42. The van der Waals surface area contributed by atoms with Gasteiger partial charge in [0.25, 0.3) is 0 Å². The van der Waals surface area contributed by atoms with E-state index < -0.39 is 0 Å². The highest BCUT2D eigenvalue weighted by Gasteiger charge is 2.09. The Balaban J connectivity index is 2.19. The molecule has 3 aromatic rings. The third-order valence-electron chi connectivity index (χ3n) is 3.31. The average molecular weight is 247 g/mol. The Labute approximate surface area is 111 Å². The van der Waals surface area contributed by atoms with Crippen LogP contribution >= 0.6 is 0 Å². The molecule has 0 spiro atoms. The van der Waals surface area contributed by atoms with Crippen LogP contribution in [0.2, 0.25) is 0 Å². The number of benzene rings is 2. The molecular formula is C16H13N3. The summed E-state index contributed by atoms with van der Waals surface area (Å²) >= 11 is 0. The standard InChI is InChI=1S/C16H13N3/c1-11-3-8-15-14(9-11)18-16(19(15)2)13-6-4-12(10-17)5-7-13/h3-9H,1-2H3. The van der Waals surface area contributed by atoms with Gasteiger partial charge < -0.3 is 4.57 Å². The molecular weight excluding hydrogens is 234 g/mol. The fourth-order valence-electron chi connectivity index (χ4n) is 2.26. The van der Waals surface area contributed by atoms with Gasteiger partial charge in [0.1, 0.15) is 5.82 Å². The van der Waals surface area contributed by atoms with Gasteiger partial charge >= 0.3 is 0 Å². The Kier molecular flexibility index (Phi) is 2.57. The molecule has 2 aromatic carbocycles. The van der Waals surface area contributed by atoms with Crippen LogP contribution < -0.4 is 0 Å². The van der Waals surface area contributed by atoms with Crippen LogP contribution in [0.3, 0.4) is 0 Å². The topological polar surface area (TPSA) is 41.6 Å². The van der Waals surface area contributed by atoms with E-state index in [1.54, 1.807) is 0 Å². The molecule has 0 radical (unpaired) electrons. The number of imidazole rings is 1. The molecule has 0 fully saturated rings. The summed E-state index contributed by atoms with van der Waals surface area (Å²) in [6, 6.07) is 15.9. The summed E-state index contributed by atoms with van der Waals surface area (Å²) in [5.74, 6) is 0.921. The first kappa shape index (κ1) is 11.5. The minimum atomic E-state index is 0.665. The lowest BCUT2D eigenvalue weighted by Crippen LogP contribution is -1.92. The number of aryl methyl sites for hydroxylation is 2. The third kappa shape index (κ3) is 1.88. The lowest BCUT2D eigenvalue weighted by Gasteiger charge is -2.02. The van der Waals surface area contributed by atoms with Gasteiger partial charge in [-0.3, -0.25) is 0 Å². The number of fused-ring (bicyclic) bond motifs is 1. The van der Waals surface area contributed by atoms with Crippen molar-refractivity contribution in [1.82, 2.24) is 9.55 Å². The molecule has 3 nitrogen and oxygen atoms in total. The molecule has 92 valence electrons. The van der Waals surface area contributed by atoms with Crippen LogP contribution in [0.1, 0.15) is 11.1 Å². The van der Waals surface area contributed by atoms with Crippen molar-refractivity contribution in [3.63, 3.8) is 0 Å². The molecule has 19 heavy (non-hydrogen) atoms. The number of hydrogen-bond donors (Lipinski definition) is 0. The van der Waals surface area contributed by atoms with E-state index in [-0.39, 0.29) is 0 Å². The summed E-state index contributed by atoms with van der Waals surface area (Å²) in [7, 11) is 2.01. The summed E-state index contributed by atoms with van der Waals surface area (Å²) in [5, 5.41) is 8.83. The van der Waals surface area contributed by atoms with Crippen molar-refractivity contribution in [1.29, 1.82) is 5.26 Å². The SMILES string of the molecule is Cc1ccc2c(c1)nc(-c1ccc(C#N)cc1)n2C. The summed E-state index contributed by atoms with van der Waals surface area (Å²) in [6.07, 6.45) is 0. The zero-order chi connectivity index (χ0) is 13.4. The normalized spacial score (nSPS) is 10.6. The second kappa shape index (κ2) is 4.25. The van der Waals surface area contributed by atoms with Gasteiger partial charge in [0.15, 0.2) is 0 Å². The van der Waals surface area contributed by atoms with Crippen molar-refractivity contribution < 1.29 is 0 Å². The first-order valence-corrected chi connectivity index (χ1v) is 6.12. The predicted molar refractivity (Wildman–Crippen MR) is 75.6 cm³/mol. The fraction of sp³-hybridized carbons (Fsp3) is 0.125. The molecule has 0 aliphatic rings. The second-order valence-electron chi connectivity index (χ2n) is 4.68. The molecule has 0 saturated carbocycles. The molecule has 0 amide bonds. The number of nitrogens with zero attached hydrogens (tertiary/aromatic N) is 3. The molecule has 1 aromatic heterocycles. The van der Waals surface area contributed by atoms with Gasteiger partial charge in [0.05, 0.1) is 22.7 Å². The summed E-state index contributed by atoms with van der Waals surface area (Å²) in [4.78, 5) is 4.68. The zero-order valence-corrected chi connectivity index (χ0v) is 10.9. The monoisotopic (exact) mass is 247 g/mol. The quantitative estimate of drug-likeness (QED) is 0.661. The maximum absolute atomic E-state index is 8.83. The number of rotatable bonds is 1. The van der Waals surface area contributed by atoms with E-state index in [2.05, 4.69) is 40.7 Å². The lowest BCUT2D eigenvalue weighted by atomic mass is 10.1. The van der Waals surface area contributed by atoms with Gasteiger partial charge in [-0.05, 0) is 48.9 Å². The van der Waals surface area contributed by atoms with Crippen LogP contribution in [-0.2, 0) is 7.05 Å². The number of hydrogen-bond acceptors (Lipinski definition) is 2. The molecule has 0 saturated heterocycles. The van der Waals surface area contributed by atoms with Crippen LogP contribution in [0.5, 0.6) is 0 Å². The molecule has 0 atom stereocenters. The first-order chi connectivity index (χ1) is 9.19. The Hall–Kier alpha value is -2.60. The van der Waals surface area contributed by atoms with Crippen LogP contribution in [0.15, 0.2) is 42.5 Å². The highest BCUT2D eigenvalue weighted by Crippen LogP contribution is 2.24. The lowest BCUT2D eigenvalue weighted by molar-refractivity contribution is 0.959. The minimum absolute atomic E-state index is 0.665. The van der Waals surface area contributed by atoms with E-state index >= 15 is 0 Å². The smallest absolute Gasteiger partial charge is 0.140 e. The zero-order valence-electron chi connectivity index (χ0n) is 10.9. The molecule has 3 rings (SSSR count). The Morgan fingerprint density at radius 1 is 1.11 bits per heavy atom. The van der Waals surface area contributed by atoms with Gasteiger partial charge in [-0.15, -0.1) is 0 Å². The molecule has 0 aliphatic heterocycles. The Morgan fingerprint density at radius 3 is 2.53 bits per heavy atom. The molecule has 3 heteroatoms. The van der Waals surface area contributed by atoms with E-state index in [0.717, 1.165) is 22.4 Å². The highest BCUT2D eigenvalue weighted by molar-refractivity contribution is 5.81. The van der Waals surface area contributed by atoms with Crippen LogP contribution in [0.25, 0.3) is 22.4 Å². The average Bonchev–Trinajstić information content (AvgIpc) is 2.75. The Morgan fingerprint density at radius 2 is 1.84 bits per heavy atom. The summed E-state index contributed by atoms with van der Waals surface area (Å²) in [5.41, 5.74) is 5.01. The summed E-state index contributed by atoms with van der Waals surface area (Å²) < 4.78 is 2.08. The van der Waals surface area contributed by atoms with Crippen molar-refractivity contribution in [3.05, 3.63) is 53.6 Å². The van der Waals surface area contributed by atoms with Gasteiger partial charge in [-0.25, -0.2) is 4.98 Å². The van der Waals surface area contributed by atoms with E-state index in [9.17, 15) is 0 Å². The van der Waals surface area contributed by atoms with Crippen molar-refractivity contribution in [2.75, 3.05) is 0 Å². The molecule has 0 aliphatic carbocycles. The first-order valence-electron chi connectivity index (χ1n) is 6.12. The van der Waals surface area contributed by atoms with E-state index in [1.165, 1.54) is 5.56 Å².